The van der Waals surface area contributed by atoms with Crippen molar-refractivity contribution in [3.05, 3.63) is 23.4 Å². The molecule has 2 rings (SSSR count). The monoisotopic (exact) mass is 149 g/mol. The Morgan fingerprint density at radius 2 is 2.36 bits per heavy atom. The number of anilines is 1. The fourth-order valence-corrected chi connectivity index (χ4v) is 1.60. The highest BCUT2D eigenvalue weighted by atomic mass is 14.8. The molecule has 0 radical (unpaired) electrons. The maximum absolute atomic E-state index is 5.83. The van der Waals surface area contributed by atoms with E-state index in [9.17, 15) is 0 Å². The Kier molecular flexibility index (Phi) is 1.32. The molecule has 0 amide bonds. The van der Waals surface area contributed by atoms with Crippen molar-refractivity contribution < 1.29 is 0 Å². The van der Waals surface area contributed by atoms with E-state index >= 15 is 0 Å². The second-order valence-corrected chi connectivity index (χ2v) is 2.91. The van der Waals surface area contributed by atoms with Crippen molar-refractivity contribution in [1.82, 2.24) is 4.98 Å². The van der Waals surface area contributed by atoms with Crippen LogP contribution in [0.5, 0.6) is 0 Å². The Bertz CT molecular complexity index is 283. The number of nitrogen functional groups attached to an aromatic ring is 1. The number of rotatable bonds is 0. The SMILES string of the molecule is Nc1nccc2c1CC[C@H]2N. The van der Waals surface area contributed by atoms with E-state index in [0.29, 0.717) is 5.82 Å². The number of fused-ring (bicyclic) bond motifs is 1. The molecule has 1 aromatic heterocycles. The van der Waals surface area contributed by atoms with Gasteiger partial charge in [-0.2, -0.15) is 0 Å². The van der Waals surface area contributed by atoms with Crippen LogP contribution >= 0.6 is 0 Å². The fourth-order valence-electron chi connectivity index (χ4n) is 1.60. The lowest BCUT2D eigenvalue weighted by Crippen LogP contribution is -2.05. The van der Waals surface area contributed by atoms with Crippen molar-refractivity contribution >= 4 is 5.82 Å². The molecule has 1 aromatic rings. The highest BCUT2D eigenvalue weighted by Gasteiger charge is 2.20. The molecule has 1 aliphatic rings. The normalized spacial score (nSPS) is 21.7. The predicted molar refractivity (Wildman–Crippen MR) is 43.9 cm³/mol. The molecule has 0 aromatic carbocycles. The second kappa shape index (κ2) is 2.20. The maximum Gasteiger partial charge on any atom is 0.126 e. The average molecular weight is 149 g/mol. The van der Waals surface area contributed by atoms with Crippen LogP contribution in [0.25, 0.3) is 0 Å². The summed E-state index contributed by atoms with van der Waals surface area (Å²) in [5.41, 5.74) is 13.8. The molecule has 0 aliphatic heterocycles. The van der Waals surface area contributed by atoms with Gasteiger partial charge < -0.3 is 11.5 Å². The van der Waals surface area contributed by atoms with Crippen LogP contribution in [0.15, 0.2) is 12.3 Å². The molecule has 1 heterocycles. The summed E-state index contributed by atoms with van der Waals surface area (Å²) < 4.78 is 0. The number of pyridine rings is 1. The molecule has 0 unspecified atom stereocenters. The third-order valence-corrected chi connectivity index (χ3v) is 2.23. The smallest absolute Gasteiger partial charge is 0.126 e. The van der Waals surface area contributed by atoms with Gasteiger partial charge in [0.2, 0.25) is 0 Å². The van der Waals surface area contributed by atoms with Crippen LogP contribution in [0.1, 0.15) is 23.6 Å². The van der Waals surface area contributed by atoms with Gasteiger partial charge in [0, 0.05) is 12.2 Å². The standard InChI is InChI=1S/C8H11N3/c9-7-2-1-6-5(7)3-4-11-8(6)10/h3-4,7H,1-2,9H2,(H2,10,11)/t7-/m1/s1. The van der Waals surface area contributed by atoms with Crippen LogP contribution in [0.3, 0.4) is 0 Å². The van der Waals surface area contributed by atoms with E-state index < -0.39 is 0 Å². The van der Waals surface area contributed by atoms with Gasteiger partial charge in [0.15, 0.2) is 0 Å². The molecule has 0 bridgehead atoms. The van der Waals surface area contributed by atoms with E-state index in [4.69, 9.17) is 11.5 Å². The van der Waals surface area contributed by atoms with Gasteiger partial charge >= 0.3 is 0 Å². The van der Waals surface area contributed by atoms with E-state index in [1.54, 1.807) is 6.20 Å². The highest BCUT2D eigenvalue weighted by Crippen LogP contribution is 2.31. The first-order chi connectivity index (χ1) is 5.29. The van der Waals surface area contributed by atoms with E-state index in [1.165, 1.54) is 5.56 Å². The molecule has 0 saturated carbocycles. The van der Waals surface area contributed by atoms with Crippen LogP contribution in [0.4, 0.5) is 5.82 Å². The Morgan fingerprint density at radius 3 is 3.09 bits per heavy atom. The summed E-state index contributed by atoms with van der Waals surface area (Å²) in [7, 11) is 0. The van der Waals surface area contributed by atoms with Gasteiger partial charge in [-0.05, 0) is 30.0 Å². The molecule has 0 saturated heterocycles. The third kappa shape index (κ3) is 0.886. The van der Waals surface area contributed by atoms with Gasteiger partial charge in [0.1, 0.15) is 5.82 Å². The van der Waals surface area contributed by atoms with Gasteiger partial charge in [-0.3, -0.25) is 0 Å². The Hall–Kier alpha value is -1.09. The van der Waals surface area contributed by atoms with Crippen molar-refractivity contribution in [2.45, 2.75) is 18.9 Å². The van der Waals surface area contributed by atoms with Gasteiger partial charge in [0.25, 0.3) is 0 Å². The molecule has 0 spiro atoms. The number of nitrogens with two attached hydrogens (primary N) is 2. The minimum absolute atomic E-state index is 0.176. The lowest BCUT2D eigenvalue weighted by Gasteiger charge is -2.04. The zero-order valence-electron chi connectivity index (χ0n) is 6.25. The Labute approximate surface area is 65.4 Å². The van der Waals surface area contributed by atoms with Crippen molar-refractivity contribution in [2.24, 2.45) is 5.73 Å². The minimum atomic E-state index is 0.176. The molecule has 3 heteroatoms. The second-order valence-electron chi connectivity index (χ2n) is 2.91. The van der Waals surface area contributed by atoms with E-state index in [1.807, 2.05) is 6.07 Å². The summed E-state index contributed by atoms with van der Waals surface area (Å²) in [5, 5.41) is 0. The molecule has 0 fully saturated rings. The van der Waals surface area contributed by atoms with Crippen molar-refractivity contribution in [3.63, 3.8) is 0 Å². The molecule has 1 atom stereocenters. The lowest BCUT2D eigenvalue weighted by atomic mass is 10.1. The number of nitrogens with zero attached hydrogens (tertiary/aromatic N) is 1. The summed E-state index contributed by atoms with van der Waals surface area (Å²) in [6.45, 7) is 0. The van der Waals surface area contributed by atoms with E-state index in [-0.39, 0.29) is 6.04 Å². The van der Waals surface area contributed by atoms with Crippen molar-refractivity contribution in [1.29, 1.82) is 0 Å². The predicted octanol–water partition coefficient (Wildman–Crippen LogP) is 0.610. The zero-order chi connectivity index (χ0) is 7.84. The summed E-state index contributed by atoms with van der Waals surface area (Å²) in [6, 6.07) is 2.14. The first-order valence-corrected chi connectivity index (χ1v) is 3.78. The van der Waals surface area contributed by atoms with E-state index in [0.717, 1.165) is 18.4 Å². The summed E-state index contributed by atoms with van der Waals surface area (Å²) in [6.07, 6.45) is 3.71. The highest BCUT2D eigenvalue weighted by molar-refractivity contribution is 5.48. The number of hydrogen-bond acceptors (Lipinski definition) is 3. The van der Waals surface area contributed by atoms with Crippen LogP contribution in [0.2, 0.25) is 0 Å². The molecule has 58 valence electrons. The average Bonchev–Trinajstić information content (AvgIpc) is 2.35. The first kappa shape index (κ1) is 6.61. The molecule has 4 N–H and O–H groups in total. The zero-order valence-corrected chi connectivity index (χ0v) is 6.25. The minimum Gasteiger partial charge on any atom is -0.383 e. The number of hydrogen-bond donors (Lipinski definition) is 2. The molecular weight excluding hydrogens is 138 g/mol. The van der Waals surface area contributed by atoms with Gasteiger partial charge in [-0.1, -0.05) is 0 Å². The first-order valence-electron chi connectivity index (χ1n) is 3.78. The largest absolute Gasteiger partial charge is 0.383 e. The number of aromatic nitrogens is 1. The Balaban J connectivity index is 2.57. The van der Waals surface area contributed by atoms with Crippen LogP contribution in [0, 0.1) is 0 Å². The molecular formula is C8H11N3. The topological polar surface area (TPSA) is 64.9 Å². The van der Waals surface area contributed by atoms with Crippen LogP contribution in [-0.4, -0.2) is 4.98 Å². The molecule has 11 heavy (non-hydrogen) atoms. The van der Waals surface area contributed by atoms with Gasteiger partial charge in [-0.25, -0.2) is 4.98 Å². The van der Waals surface area contributed by atoms with E-state index in [2.05, 4.69) is 4.98 Å². The van der Waals surface area contributed by atoms with Crippen LogP contribution in [-0.2, 0) is 6.42 Å². The van der Waals surface area contributed by atoms with Gasteiger partial charge in [0.05, 0.1) is 0 Å². The summed E-state index contributed by atoms with van der Waals surface area (Å²) in [4.78, 5) is 4.01. The van der Waals surface area contributed by atoms with Crippen LogP contribution < -0.4 is 11.5 Å². The van der Waals surface area contributed by atoms with Crippen molar-refractivity contribution in [3.8, 4) is 0 Å². The van der Waals surface area contributed by atoms with Gasteiger partial charge in [-0.15, -0.1) is 0 Å². The Morgan fingerprint density at radius 1 is 1.55 bits per heavy atom. The summed E-state index contributed by atoms with van der Waals surface area (Å²) in [5.74, 6) is 0.649. The third-order valence-electron chi connectivity index (χ3n) is 2.23. The quantitative estimate of drug-likeness (QED) is 0.568. The summed E-state index contributed by atoms with van der Waals surface area (Å²) >= 11 is 0. The van der Waals surface area contributed by atoms with Crippen molar-refractivity contribution in [2.75, 3.05) is 5.73 Å². The molecule has 3 nitrogen and oxygen atoms in total. The fraction of sp³-hybridized carbons (Fsp3) is 0.375. The molecule has 1 aliphatic carbocycles. The maximum atomic E-state index is 5.83. The lowest BCUT2D eigenvalue weighted by molar-refractivity contribution is 0.713.